The molecule has 4 nitrogen and oxygen atoms in total. The Labute approximate surface area is 491 Å². The van der Waals surface area contributed by atoms with Crippen LogP contribution in [0.3, 0.4) is 0 Å². The van der Waals surface area contributed by atoms with E-state index in [9.17, 15) is 0 Å². The van der Waals surface area contributed by atoms with Gasteiger partial charge in [0.1, 0.15) is 0 Å². The zero-order chi connectivity index (χ0) is 56.0. The lowest BCUT2D eigenvalue weighted by molar-refractivity contribution is 1.28. The van der Waals surface area contributed by atoms with Gasteiger partial charge in [-0.05, 0) is 201 Å². The zero-order valence-corrected chi connectivity index (χ0v) is 46.3. The van der Waals surface area contributed by atoms with Crippen molar-refractivity contribution in [2.75, 3.05) is 19.6 Å². The van der Waals surface area contributed by atoms with Crippen molar-refractivity contribution in [3.8, 4) is 33.4 Å². The van der Waals surface area contributed by atoms with Gasteiger partial charge in [-0.15, -0.1) is 0 Å². The lowest BCUT2D eigenvalue weighted by Gasteiger charge is -2.27. The minimum Gasteiger partial charge on any atom is -0.310 e. The Balaban J connectivity index is 0.735. The number of rotatable bonds is 15. The Bertz CT molecular complexity index is 4190. The molecule has 0 radical (unpaired) electrons. The van der Waals surface area contributed by atoms with Gasteiger partial charge in [-0.3, -0.25) is 0 Å². The van der Waals surface area contributed by atoms with Crippen molar-refractivity contribution in [1.82, 2.24) is 0 Å². The van der Waals surface area contributed by atoms with Gasteiger partial charge in [0, 0.05) is 68.2 Å². The van der Waals surface area contributed by atoms with Crippen molar-refractivity contribution in [2.24, 2.45) is 0 Å². The Kier molecular flexibility index (Phi) is 14.0. The van der Waals surface area contributed by atoms with Crippen molar-refractivity contribution in [1.29, 1.82) is 0 Å². The molecule has 0 aliphatic heterocycles. The first-order valence-corrected chi connectivity index (χ1v) is 28.6. The van der Waals surface area contributed by atoms with Crippen LogP contribution in [0.4, 0.5) is 68.2 Å². The second-order valence-electron chi connectivity index (χ2n) is 21.0. The fourth-order valence-corrected chi connectivity index (χ4v) is 11.6. The number of hydrogen-bond donors (Lipinski definition) is 0. The molecule has 0 aliphatic carbocycles. The Morgan fingerprint density at radius 2 is 0.274 bits per heavy atom. The number of fused-ring (bicyclic) bond motifs is 2. The van der Waals surface area contributed by atoms with Gasteiger partial charge in [0.15, 0.2) is 0 Å². The molecule has 0 bridgehead atoms. The summed E-state index contributed by atoms with van der Waals surface area (Å²) in [5, 5.41) is 4.66. The number of anilines is 12. The van der Waals surface area contributed by atoms with Crippen molar-refractivity contribution < 1.29 is 0 Å². The molecule has 0 saturated carbocycles. The van der Waals surface area contributed by atoms with E-state index in [0.29, 0.717) is 0 Å². The summed E-state index contributed by atoms with van der Waals surface area (Å²) in [6.45, 7) is 0. The summed E-state index contributed by atoms with van der Waals surface area (Å²) < 4.78 is 0. The van der Waals surface area contributed by atoms with E-state index in [0.717, 1.165) is 90.1 Å². The molecule has 0 spiro atoms. The van der Waals surface area contributed by atoms with Crippen LogP contribution in [0.2, 0.25) is 0 Å². The zero-order valence-electron chi connectivity index (χ0n) is 46.3. The largest absolute Gasteiger partial charge is 0.310 e. The van der Waals surface area contributed by atoms with E-state index in [1.807, 2.05) is 0 Å². The van der Waals surface area contributed by atoms with Crippen LogP contribution in [0.25, 0.3) is 54.9 Å². The number of benzene rings is 14. The molecule has 14 aromatic rings. The van der Waals surface area contributed by atoms with Crippen molar-refractivity contribution in [3.05, 3.63) is 352 Å². The molecule has 14 aromatic carbocycles. The molecule has 0 heterocycles. The van der Waals surface area contributed by atoms with E-state index in [-0.39, 0.29) is 0 Å². The van der Waals surface area contributed by atoms with Crippen molar-refractivity contribution >= 4 is 89.8 Å². The molecule has 0 aliphatic rings. The standard InChI is InChI=1S/C80H58N4/c1-7-19-59(20-8-1)61-31-43-73(44-32-61)81(69-23-11-3-12-24-69)77-51-39-67-57-79(53-41-65(67)55-77)83(71-27-15-5-16-28-71)75-47-35-63(36-48-75)64-37-49-76(50-38-64)84(72-29-17-6-18-30-72)80-54-42-66-56-78(52-40-68(66)58-80)82(70-25-13-4-14-26-70)74-45-33-62(34-46-74)60-21-9-2-10-22-60/h1-58H. The van der Waals surface area contributed by atoms with Gasteiger partial charge in [-0.1, -0.05) is 206 Å². The third kappa shape index (κ3) is 10.6. The normalized spacial score (nSPS) is 11.1. The lowest BCUT2D eigenvalue weighted by Crippen LogP contribution is -2.10. The molecular formula is C80H58N4. The molecule has 0 unspecified atom stereocenters. The maximum Gasteiger partial charge on any atom is 0.0468 e. The summed E-state index contributed by atoms with van der Waals surface area (Å²) in [4.78, 5) is 9.36. The molecule has 0 fully saturated rings. The SMILES string of the molecule is c1ccc(-c2ccc(N(c3ccccc3)c3ccc4cc(N(c5ccccc5)c5ccc(-c6ccc(N(c7ccccc7)c7ccc8cc(N(c9ccccc9)c9ccc(-c%10ccccc%10)cc9)ccc8c7)cc6)cc5)ccc4c3)cc2)cc1. The highest BCUT2D eigenvalue weighted by molar-refractivity contribution is 5.95. The molecular weight excluding hydrogens is 1020 g/mol. The van der Waals surface area contributed by atoms with Gasteiger partial charge in [0.05, 0.1) is 0 Å². The number of nitrogens with zero attached hydrogens (tertiary/aromatic N) is 4. The van der Waals surface area contributed by atoms with Crippen molar-refractivity contribution in [3.63, 3.8) is 0 Å². The molecule has 398 valence electrons. The van der Waals surface area contributed by atoms with Gasteiger partial charge in [-0.2, -0.15) is 0 Å². The Morgan fingerprint density at radius 3 is 0.476 bits per heavy atom. The first-order chi connectivity index (χ1) is 41.6. The Hall–Kier alpha value is -11.2. The second kappa shape index (κ2) is 23.1. The van der Waals surface area contributed by atoms with Crippen molar-refractivity contribution in [2.45, 2.75) is 0 Å². The summed E-state index contributed by atoms with van der Waals surface area (Å²) in [7, 11) is 0. The fraction of sp³-hybridized carbons (Fsp3) is 0. The van der Waals surface area contributed by atoms with Gasteiger partial charge < -0.3 is 19.6 Å². The number of para-hydroxylation sites is 4. The maximum absolute atomic E-state index is 2.34. The topological polar surface area (TPSA) is 13.0 Å². The van der Waals surface area contributed by atoms with Gasteiger partial charge >= 0.3 is 0 Å². The molecule has 0 amide bonds. The fourth-order valence-electron chi connectivity index (χ4n) is 11.6. The maximum atomic E-state index is 2.34. The van der Waals surface area contributed by atoms with Gasteiger partial charge in [0.2, 0.25) is 0 Å². The highest BCUT2D eigenvalue weighted by Gasteiger charge is 2.19. The van der Waals surface area contributed by atoms with Crippen LogP contribution in [0.15, 0.2) is 352 Å². The van der Waals surface area contributed by atoms with E-state index in [1.54, 1.807) is 0 Å². The van der Waals surface area contributed by atoms with E-state index in [2.05, 4.69) is 371 Å². The van der Waals surface area contributed by atoms with Crippen LogP contribution < -0.4 is 19.6 Å². The molecule has 0 atom stereocenters. The molecule has 4 heteroatoms. The van der Waals surface area contributed by atoms with Crippen LogP contribution in [-0.2, 0) is 0 Å². The summed E-state index contributed by atoms with van der Waals surface area (Å²) in [5.74, 6) is 0. The minimum atomic E-state index is 1.08. The first kappa shape index (κ1) is 51.0. The Morgan fingerprint density at radius 1 is 0.119 bits per heavy atom. The van der Waals surface area contributed by atoms with Gasteiger partial charge in [0.25, 0.3) is 0 Å². The second-order valence-corrected chi connectivity index (χ2v) is 21.0. The molecule has 84 heavy (non-hydrogen) atoms. The molecule has 0 N–H and O–H groups in total. The highest BCUT2D eigenvalue weighted by atomic mass is 15.2. The third-order valence-electron chi connectivity index (χ3n) is 15.8. The van der Waals surface area contributed by atoms with Crippen LogP contribution in [-0.4, -0.2) is 0 Å². The summed E-state index contributed by atoms with van der Waals surface area (Å²) in [5.41, 5.74) is 20.2. The summed E-state index contributed by atoms with van der Waals surface area (Å²) in [6.07, 6.45) is 0. The lowest BCUT2D eigenvalue weighted by atomic mass is 10.0. The molecule has 14 rings (SSSR count). The molecule has 0 aromatic heterocycles. The van der Waals surface area contributed by atoms with Crippen LogP contribution in [0.5, 0.6) is 0 Å². The first-order valence-electron chi connectivity index (χ1n) is 28.6. The quantitative estimate of drug-likeness (QED) is 0.101. The van der Waals surface area contributed by atoms with Crippen LogP contribution >= 0.6 is 0 Å². The average molecular weight is 1080 g/mol. The predicted molar refractivity (Wildman–Crippen MR) is 356 cm³/mol. The predicted octanol–water partition coefficient (Wildman–Crippen LogP) is 22.9. The third-order valence-corrected chi connectivity index (χ3v) is 15.8. The average Bonchev–Trinajstić information content (AvgIpc) is 3.66. The summed E-state index contributed by atoms with van der Waals surface area (Å²) in [6, 6.07) is 126. The monoisotopic (exact) mass is 1070 g/mol. The van der Waals surface area contributed by atoms with E-state index >= 15 is 0 Å². The summed E-state index contributed by atoms with van der Waals surface area (Å²) >= 11 is 0. The van der Waals surface area contributed by atoms with Gasteiger partial charge in [-0.25, -0.2) is 0 Å². The van der Waals surface area contributed by atoms with E-state index in [4.69, 9.17) is 0 Å². The minimum absolute atomic E-state index is 1.08. The highest BCUT2D eigenvalue weighted by Crippen LogP contribution is 2.43. The number of hydrogen-bond acceptors (Lipinski definition) is 4. The van der Waals surface area contributed by atoms with E-state index < -0.39 is 0 Å². The van der Waals surface area contributed by atoms with E-state index in [1.165, 1.54) is 33.0 Å². The molecule has 0 saturated heterocycles. The van der Waals surface area contributed by atoms with Crippen LogP contribution in [0, 0.1) is 0 Å². The smallest absolute Gasteiger partial charge is 0.0468 e. The van der Waals surface area contributed by atoms with Crippen LogP contribution in [0.1, 0.15) is 0 Å².